The summed E-state index contributed by atoms with van der Waals surface area (Å²) in [6.45, 7) is 9.47. The molecule has 11 aromatic rings. The van der Waals surface area contributed by atoms with Gasteiger partial charge in [-0.15, -0.1) is 0 Å². The average molecular weight is 756 g/mol. The van der Waals surface area contributed by atoms with E-state index in [1.807, 2.05) is 0 Å². The first-order chi connectivity index (χ1) is 28.8. The number of hydrogen-bond donors (Lipinski definition) is 0. The van der Waals surface area contributed by atoms with Crippen molar-refractivity contribution in [3.63, 3.8) is 0 Å². The minimum atomic E-state index is -0.0901. The van der Waals surface area contributed by atoms with Crippen LogP contribution in [0.15, 0.2) is 176 Å². The first kappa shape index (κ1) is 32.9. The number of aromatic nitrogens is 3. The van der Waals surface area contributed by atoms with Gasteiger partial charge in [0.05, 0.1) is 22.1 Å². The zero-order valence-electron chi connectivity index (χ0n) is 33.6. The lowest BCUT2D eigenvalue weighted by Gasteiger charge is -2.22. The van der Waals surface area contributed by atoms with Crippen molar-refractivity contribution >= 4 is 54.4 Å². The fourth-order valence-electron chi connectivity index (χ4n) is 11.2. The second-order valence-electron chi connectivity index (χ2n) is 17.8. The molecule has 0 bridgehead atoms. The van der Waals surface area contributed by atoms with Gasteiger partial charge in [-0.1, -0.05) is 131 Å². The van der Waals surface area contributed by atoms with Gasteiger partial charge in [0.2, 0.25) is 0 Å². The molecule has 0 saturated heterocycles. The molecule has 0 unspecified atom stereocenters. The third-order valence-electron chi connectivity index (χ3n) is 14.1. The Hall–Kier alpha value is -7.10. The van der Waals surface area contributed by atoms with Crippen molar-refractivity contribution in [2.75, 3.05) is 0 Å². The summed E-state index contributed by atoms with van der Waals surface area (Å²) in [6, 6.07) is 61.4. The van der Waals surface area contributed by atoms with Gasteiger partial charge in [0, 0.05) is 67.2 Å². The van der Waals surface area contributed by atoms with E-state index in [2.05, 4.69) is 218 Å². The summed E-state index contributed by atoms with van der Waals surface area (Å²) in [5.74, 6) is 0. The van der Waals surface area contributed by atoms with E-state index in [1.54, 1.807) is 0 Å². The normalized spacial score (nSPS) is 14.7. The molecule has 0 N–H and O–H groups in total. The molecule has 0 aliphatic heterocycles. The fraction of sp³-hybridized carbons (Fsp3) is 0.107. The van der Waals surface area contributed by atoms with E-state index >= 15 is 0 Å². The maximum Gasteiger partial charge on any atom is 0.0628 e. The molecule has 3 heterocycles. The lowest BCUT2D eigenvalue weighted by molar-refractivity contribution is 0.659. The molecule has 0 atom stereocenters. The summed E-state index contributed by atoms with van der Waals surface area (Å²) in [5, 5.41) is 7.52. The second kappa shape index (κ2) is 11.3. The summed E-state index contributed by atoms with van der Waals surface area (Å²) in [7, 11) is 0. The SMILES string of the molecule is CC1(C)c2ccccc2-c2ccc(-n3ccc4c5cc(-n6c7ccccc7c7ccccc76)ccc5c5c(ccn5-c5ccc6c(c5)C(C)(C)c5ccccc5-6)c43)cc21. The van der Waals surface area contributed by atoms with Gasteiger partial charge < -0.3 is 13.7 Å². The van der Waals surface area contributed by atoms with Gasteiger partial charge in [-0.3, -0.25) is 0 Å². The highest BCUT2D eigenvalue weighted by Gasteiger charge is 2.37. The molecular weight excluding hydrogens is 715 g/mol. The smallest absolute Gasteiger partial charge is 0.0628 e. The van der Waals surface area contributed by atoms with Crippen molar-refractivity contribution in [2.24, 2.45) is 0 Å². The van der Waals surface area contributed by atoms with Crippen LogP contribution in [0, 0.1) is 0 Å². The van der Waals surface area contributed by atoms with Crippen molar-refractivity contribution in [2.45, 2.75) is 38.5 Å². The van der Waals surface area contributed by atoms with Gasteiger partial charge in [-0.2, -0.15) is 0 Å². The van der Waals surface area contributed by atoms with Gasteiger partial charge >= 0.3 is 0 Å². The van der Waals surface area contributed by atoms with Gasteiger partial charge in [0.15, 0.2) is 0 Å². The standard InChI is InChI=1S/C56H41N3/c1-55(2)47-17-9-5-13-37(47)39-24-21-34(32-49(39)55)57-29-27-44-46-31-36(59-51-19-11-7-15-41(51)42-16-8-12-20-52(42)59)23-26-43(46)53-45(54(44)57)28-30-58(53)35-22-25-40-38-14-6-10-18-48(38)56(3,4)50(40)33-35/h5-33H,1-4H3. The molecule has 2 aliphatic rings. The predicted octanol–water partition coefficient (Wildman–Crippen LogP) is 14.4. The molecule has 0 spiro atoms. The Bertz CT molecular complexity index is 3570. The van der Waals surface area contributed by atoms with Gasteiger partial charge in [0.1, 0.15) is 0 Å². The maximum absolute atomic E-state index is 2.44. The zero-order chi connectivity index (χ0) is 39.4. The molecule has 13 rings (SSSR count). The molecular formula is C56H41N3. The molecule has 280 valence electrons. The van der Waals surface area contributed by atoms with Crippen LogP contribution in [0.5, 0.6) is 0 Å². The highest BCUT2D eigenvalue weighted by Crippen LogP contribution is 2.51. The van der Waals surface area contributed by atoms with E-state index in [9.17, 15) is 0 Å². The Kier molecular flexibility index (Phi) is 6.31. The third kappa shape index (κ3) is 4.22. The van der Waals surface area contributed by atoms with E-state index in [-0.39, 0.29) is 10.8 Å². The monoisotopic (exact) mass is 755 g/mol. The summed E-state index contributed by atoms with van der Waals surface area (Å²) < 4.78 is 7.32. The molecule has 0 amide bonds. The van der Waals surface area contributed by atoms with Crippen LogP contribution in [0.1, 0.15) is 49.9 Å². The van der Waals surface area contributed by atoms with Crippen molar-refractivity contribution in [3.8, 4) is 39.3 Å². The van der Waals surface area contributed by atoms with Crippen LogP contribution >= 0.6 is 0 Å². The van der Waals surface area contributed by atoms with Crippen LogP contribution in [-0.4, -0.2) is 13.7 Å². The maximum atomic E-state index is 2.44. The average Bonchev–Trinajstić information content (AvgIpc) is 4.07. The molecule has 0 radical (unpaired) electrons. The lowest BCUT2D eigenvalue weighted by atomic mass is 9.82. The lowest BCUT2D eigenvalue weighted by Crippen LogP contribution is -2.15. The van der Waals surface area contributed by atoms with Gasteiger partial charge in [0.25, 0.3) is 0 Å². The molecule has 3 heteroatoms. The quantitative estimate of drug-likeness (QED) is 0.171. The van der Waals surface area contributed by atoms with Crippen molar-refractivity contribution < 1.29 is 0 Å². The van der Waals surface area contributed by atoms with E-state index in [4.69, 9.17) is 0 Å². The zero-order valence-corrected chi connectivity index (χ0v) is 33.6. The van der Waals surface area contributed by atoms with Gasteiger partial charge in [-0.25, -0.2) is 0 Å². The van der Waals surface area contributed by atoms with Crippen molar-refractivity contribution in [1.82, 2.24) is 13.7 Å². The van der Waals surface area contributed by atoms with Crippen LogP contribution in [0.3, 0.4) is 0 Å². The summed E-state index contributed by atoms with van der Waals surface area (Å²) in [4.78, 5) is 0. The van der Waals surface area contributed by atoms with Crippen LogP contribution in [0.2, 0.25) is 0 Å². The van der Waals surface area contributed by atoms with Crippen molar-refractivity contribution in [1.29, 1.82) is 0 Å². The van der Waals surface area contributed by atoms with Crippen LogP contribution in [0.25, 0.3) is 93.7 Å². The molecule has 0 fully saturated rings. The molecule has 0 saturated carbocycles. The highest BCUT2D eigenvalue weighted by atomic mass is 15.0. The Morgan fingerprint density at radius 1 is 0.322 bits per heavy atom. The molecule has 3 nitrogen and oxygen atoms in total. The largest absolute Gasteiger partial charge is 0.316 e. The first-order valence-electron chi connectivity index (χ1n) is 20.8. The molecule has 59 heavy (non-hydrogen) atoms. The fourth-order valence-corrected chi connectivity index (χ4v) is 11.2. The minimum Gasteiger partial charge on any atom is -0.316 e. The predicted molar refractivity (Wildman–Crippen MR) is 247 cm³/mol. The Labute approximate surface area is 343 Å². The number of nitrogens with zero attached hydrogens (tertiary/aromatic N) is 3. The second-order valence-corrected chi connectivity index (χ2v) is 17.8. The van der Waals surface area contributed by atoms with Crippen molar-refractivity contribution in [3.05, 3.63) is 198 Å². The highest BCUT2D eigenvalue weighted by molar-refractivity contribution is 6.25. The number of rotatable bonds is 3. The number of fused-ring (bicyclic) bond motifs is 15. The van der Waals surface area contributed by atoms with Crippen LogP contribution in [0.4, 0.5) is 0 Å². The number of hydrogen-bond acceptors (Lipinski definition) is 0. The first-order valence-corrected chi connectivity index (χ1v) is 20.8. The molecule has 3 aromatic heterocycles. The van der Waals surface area contributed by atoms with E-state index < -0.39 is 0 Å². The number of benzene rings is 8. The van der Waals surface area contributed by atoms with E-state index in [0.717, 1.165) is 5.69 Å². The summed E-state index contributed by atoms with van der Waals surface area (Å²) in [6.07, 6.45) is 4.58. The van der Waals surface area contributed by atoms with Crippen LogP contribution < -0.4 is 0 Å². The summed E-state index contributed by atoms with van der Waals surface area (Å²) in [5.41, 5.74) is 19.2. The molecule has 2 aliphatic carbocycles. The third-order valence-corrected chi connectivity index (χ3v) is 14.1. The van der Waals surface area contributed by atoms with Gasteiger partial charge in [-0.05, 0) is 111 Å². The Balaban J connectivity index is 1.09. The number of para-hydroxylation sites is 2. The summed E-state index contributed by atoms with van der Waals surface area (Å²) >= 11 is 0. The molecule has 8 aromatic carbocycles. The minimum absolute atomic E-state index is 0.0888. The van der Waals surface area contributed by atoms with E-state index in [0.29, 0.717) is 0 Å². The Morgan fingerprint density at radius 2 is 0.763 bits per heavy atom. The van der Waals surface area contributed by atoms with Crippen LogP contribution in [-0.2, 0) is 10.8 Å². The van der Waals surface area contributed by atoms with E-state index in [1.165, 1.54) is 110 Å². The topological polar surface area (TPSA) is 14.8 Å². The Morgan fingerprint density at radius 3 is 1.32 bits per heavy atom.